The maximum atomic E-state index is 13.8. The standard InChI is InChI=1S/C31H38FN7O5/c1-19-27(35-36-39(19)22-10-13-37(14-11-22)29(40)44-30(2,3)4)20-15-25(24-9-12-34-38(24)17-20)42-28(23-8-7-21(32)16-33-23)26-18-41-31(5,6)43-26/h7-9,12,15-17,22,26,28H,10-11,13-14,18H2,1-6H3/t26-,28?/m1/s1. The number of aromatic nitrogens is 6. The van der Waals surface area contributed by atoms with E-state index >= 15 is 0 Å². The lowest BCUT2D eigenvalue weighted by molar-refractivity contribution is -0.149. The molecule has 6 heterocycles. The van der Waals surface area contributed by atoms with Gasteiger partial charge in [-0.2, -0.15) is 5.10 Å². The van der Waals surface area contributed by atoms with E-state index in [1.165, 1.54) is 6.07 Å². The minimum absolute atomic E-state index is 0.0934. The second kappa shape index (κ2) is 11.4. The van der Waals surface area contributed by atoms with Crippen LogP contribution < -0.4 is 4.74 Å². The molecular weight excluding hydrogens is 569 g/mol. The quantitative estimate of drug-likeness (QED) is 0.289. The number of hydrogen-bond donors (Lipinski definition) is 0. The highest BCUT2D eigenvalue weighted by Crippen LogP contribution is 2.37. The number of hydrogen-bond acceptors (Lipinski definition) is 9. The fourth-order valence-electron chi connectivity index (χ4n) is 5.68. The summed E-state index contributed by atoms with van der Waals surface area (Å²) in [5.41, 5.74) is 3.07. The molecule has 4 aromatic rings. The van der Waals surface area contributed by atoms with Gasteiger partial charge in [-0.3, -0.25) is 4.98 Å². The van der Waals surface area contributed by atoms with Gasteiger partial charge in [-0.25, -0.2) is 18.4 Å². The number of pyridine rings is 2. The van der Waals surface area contributed by atoms with E-state index in [1.54, 1.807) is 21.7 Å². The zero-order valence-corrected chi connectivity index (χ0v) is 25.9. The first kappa shape index (κ1) is 29.9. The van der Waals surface area contributed by atoms with Gasteiger partial charge in [-0.15, -0.1) is 5.10 Å². The molecule has 2 atom stereocenters. The molecule has 0 bridgehead atoms. The van der Waals surface area contributed by atoms with E-state index in [-0.39, 0.29) is 18.7 Å². The van der Waals surface area contributed by atoms with E-state index in [2.05, 4.69) is 20.4 Å². The number of halogens is 1. The zero-order valence-electron chi connectivity index (χ0n) is 25.9. The minimum Gasteiger partial charge on any atom is -0.479 e. The predicted octanol–water partition coefficient (Wildman–Crippen LogP) is 5.28. The summed E-state index contributed by atoms with van der Waals surface area (Å²) < 4.78 is 41.6. The van der Waals surface area contributed by atoms with Gasteiger partial charge in [-0.1, -0.05) is 5.21 Å². The van der Waals surface area contributed by atoms with Gasteiger partial charge in [0, 0.05) is 24.8 Å². The topological polar surface area (TPSA) is 118 Å². The summed E-state index contributed by atoms with van der Waals surface area (Å²) in [6.45, 7) is 12.7. The van der Waals surface area contributed by atoms with Gasteiger partial charge in [0.05, 0.1) is 36.4 Å². The summed E-state index contributed by atoms with van der Waals surface area (Å²) in [6, 6.07) is 6.80. The van der Waals surface area contributed by atoms with Gasteiger partial charge in [-0.05, 0) is 78.6 Å². The van der Waals surface area contributed by atoms with Crippen molar-refractivity contribution in [3.8, 4) is 17.0 Å². The number of nitrogens with zero attached hydrogens (tertiary/aromatic N) is 7. The van der Waals surface area contributed by atoms with Gasteiger partial charge in [0.25, 0.3) is 0 Å². The van der Waals surface area contributed by atoms with E-state index in [4.69, 9.17) is 18.9 Å². The van der Waals surface area contributed by atoms with E-state index in [0.717, 1.165) is 35.8 Å². The molecule has 13 heteroatoms. The van der Waals surface area contributed by atoms with Crippen LogP contribution in [-0.2, 0) is 14.2 Å². The van der Waals surface area contributed by atoms with Gasteiger partial charge >= 0.3 is 6.09 Å². The first-order valence-corrected chi connectivity index (χ1v) is 14.8. The Bertz CT molecular complexity index is 1640. The lowest BCUT2D eigenvalue weighted by Gasteiger charge is -2.33. The summed E-state index contributed by atoms with van der Waals surface area (Å²) in [4.78, 5) is 18.6. The maximum absolute atomic E-state index is 13.8. The molecular formula is C31H38FN7O5. The van der Waals surface area contributed by atoms with Gasteiger partial charge in [0.15, 0.2) is 11.9 Å². The van der Waals surface area contributed by atoms with E-state index in [0.29, 0.717) is 30.2 Å². The van der Waals surface area contributed by atoms with Gasteiger partial charge in [0.1, 0.15) is 34.5 Å². The molecule has 44 heavy (non-hydrogen) atoms. The highest BCUT2D eigenvalue weighted by atomic mass is 19.1. The molecule has 2 aliphatic heterocycles. The van der Waals surface area contributed by atoms with Crippen LogP contribution in [0.3, 0.4) is 0 Å². The largest absolute Gasteiger partial charge is 0.479 e. The zero-order chi connectivity index (χ0) is 31.2. The normalized spacial score (nSPS) is 19.8. The Labute approximate surface area is 255 Å². The van der Waals surface area contributed by atoms with Crippen LogP contribution in [0.1, 0.15) is 71.0 Å². The van der Waals surface area contributed by atoms with Gasteiger partial charge < -0.3 is 23.8 Å². The average Bonchev–Trinajstić information content (AvgIpc) is 3.69. The highest BCUT2D eigenvalue weighted by Gasteiger charge is 2.40. The van der Waals surface area contributed by atoms with Gasteiger partial charge in [0.2, 0.25) is 0 Å². The first-order chi connectivity index (χ1) is 20.9. The number of carbonyl (C=O) groups excluding carboxylic acids is 1. The number of rotatable bonds is 6. The highest BCUT2D eigenvalue weighted by molar-refractivity contribution is 5.70. The maximum Gasteiger partial charge on any atom is 0.410 e. The van der Waals surface area contributed by atoms with Crippen molar-refractivity contribution in [1.82, 2.24) is 34.5 Å². The predicted molar refractivity (Wildman–Crippen MR) is 157 cm³/mol. The molecule has 0 spiro atoms. The lowest BCUT2D eigenvalue weighted by Crippen LogP contribution is -2.42. The van der Waals surface area contributed by atoms with Crippen molar-refractivity contribution in [2.45, 2.75) is 84.0 Å². The van der Waals surface area contributed by atoms with Crippen LogP contribution in [0, 0.1) is 12.7 Å². The Morgan fingerprint density at radius 2 is 1.95 bits per heavy atom. The van der Waals surface area contributed by atoms with E-state index in [9.17, 15) is 9.18 Å². The average molecular weight is 608 g/mol. The molecule has 6 rings (SSSR count). The lowest BCUT2D eigenvalue weighted by atomic mass is 10.0. The Morgan fingerprint density at radius 3 is 2.61 bits per heavy atom. The van der Waals surface area contributed by atoms with E-state index in [1.807, 2.05) is 64.6 Å². The van der Waals surface area contributed by atoms with Crippen molar-refractivity contribution in [1.29, 1.82) is 0 Å². The summed E-state index contributed by atoms with van der Waals surface area (Å²) >= 11 is 0. The number of carbonyl (C=O) groups is 1. The molecule has 0 aliphatic carbocycles. The minimum atomic E-state index is -0.793. The van der Waals surface area contributed by atoms with E-state index < -0.39 is 29.4 Å². The summed E-state index contributed by atoms with van der Waals surface area (Å²) in [5, 5.41) is 13.5. The molecule has 1 unspecified atom stereocenters. The fourth-order valence-corrected chi connectivity index (χ4v) is 5.68. The van der Waals surface area contributed by atoms with Crippen LogP contribution in [-0.4, -0.2) is 77.8 Å². The number of amides is 1. The molecule has 0 aromatic carbocycles. The van der Waals surface area contributed by atoms with Crippen molar-refractivity contribution in [3.63, 3.8) is 0 Å². The molecule has 1 amide bonds. The molecule has 0 radical (unpaired) electrons. The Morgan fingerprint density at radius 1 is 1.18 bits per heavy atom. The Balaban J connectivity index is 1.27. The molecule has 2 aliphatic rings. The second-order valence-electron chi connectivity index (χ2n) is 12.7. The Hall–Kier alpha value is -4.10. The van der Waals surface area contributed by atoms with Crippen LogP contribution in [0.5, 0.6) is 5.75 Å². The van der Waals surface area contributed by atoms with Crippen LogP contribution >= 0.6 is 0 Å². The molecule has 0 saturated carbocycles. The number of ether oxygens (including phenoxy) is 4. The Kier molecular flexibility index (Phi) is 7.78. The summed E-state index contributed by atoms with van der Waals surface area (Å²) in [5.74, 6) is -0.701. The van der Waals surface area contributed by atoms with Crippen molar-refractivity contribution in [2.75, 3.05) is 19.7 Å². The third kappa shape index (κ3) is 6.25. The number of fused-ring (bicyclic) bond motifs is 1. The van der Waals surface area contributed by atoms with Crippen molar-refractivity contribution in [2.24, 2.45) is 0 Å². The molecule has 4 aromatic heterocycles. The molecule has 2 saturated heterocycles. The smallest absolute Gasteiger partial charge is 0.410 e. The molecule has 0 N–H and O–H groups in total. The van der Waals surface area contributed by atoms with Crippen LogP contribution in [0.2, 0.25) is 0 Å². The second-order valence-corrected chi connectivity index (χ2v) is 12.7. The van der Waals surface area contributed by atoms with Crippen molar-refractivity contribution in [3.05, 3.63) is 60.1 Å². The van der Waals surface area contributed by atoms with Crippen molar-refractivity contribution < 1.29 is 28.1 Å². The third-order valence-electron chi connectivity index (χ3n) is 7.80. The number of likely N-dealkylation sites (tertiary alicyclic amines) is 1. The van der Waals surface area contributed by atoms with Crippen molar-refractivity contribution >= 4 is 11.6 Å². The van der Waals surface area contributed by atoms with Crippen LogP contribution in [0.15, 0.2) is 42.9 Å². The first-order valence-electron chi connectivity index (χ1n) is 14.8. The number of piperidine rings is 1. The monoisotopic (exact) mass is 607 g/mol. The van der Waals surface area contributed by atoms with Crippen LogP contribution in [0.25, 0.3) is 16.8 Å². The summed E-state index contributed by atoms with van der Waals surface area (Å²) in [7, 11) is 0. The third-order valence-corrected chi connectivity index (χ3v) is 7.80. The fraction of sp³-hybridized carbons (Fsp3) is 0.516. The van der Waals surface area contributed by atoms with Crippen LogP contribution in [0.4, 0.5) is 9.18 Å². The SMILES string of the molecule is Cc1c(-c2cc(OC(c3ccc(F)cn3)[C@H]3COC(C)(C)O3)c3ccnn3c2)nnn1C1CCN(C(=O)OC(C)(C)C)CC1. The molecule has 2 fully saturated rings. The molecule has 234 valence electrons. The molecule has 12 nitrogen and oxygen atoms in total. The summed E-state index contributed by atoms with van der Waals surface area (Å²) in [6.07, 6.45) is 4.76.